The van der Waals surface area contributed by atoms with Crippen molar-refractivity contribution in [3.63, 3.8) is 0 Å². The van der Waals surface area contributed by atoms with Gasteiger partial charge < -0.3 is 9.80 Å². The average molecular weight is 419 g/mol. The molecule has 1 aliphatic heterocycles. The Morgan fingerprint density at radius 3 is 1.87 bits per heavy atom. The average Bonchev–Trinajstić information content (AvgIpc) is 3.05. The molecule has 2 amide bonds. The van der Waals surface area contributed by atoms with Gasteiger partial charge in [-0.05, 0) is 47.9 Å². The van der Waals surface area contributed by atoms with E-state index in [1.807, 2.05) is 47.4 Å². The van der Waals surface area contributed by atoms with Crippen molar-refractivity contribution < 1.29 is 9.59 Å². The normalized spacial score (nSPS) is 14.3. The van der Waals surface area contributed by atoms with Gasteiger partial charge in [-0.3, -0.25) is 9.59 Å². The lowest BCUT2D eigenvalue weighted by molar-refractivity contribution is 0.0719. The van der Waals surface area contributed by atoms with Gasteiger partial charge in [0.25, 0.3) is 11.8 Å². The molecule has 0 aliphatic carbocycles. The Balaban J connectivity index is 1.41. The minimum atomic E-state index is -0.0426. The van der Waals surface area contributed by atoms with Gasteiger partial charge in [0.05, 0.1) is 0 Å². The first-order valence-corrected chi connectivity index (χ1v) is 10.5. The first-order chi connectivity index (χ1) is 14.6. The number of rotatable bonds is 3. The molecule has 1 saturated heterocycles. The van der Waals surface area contributed by atoms with Crippen LogP contribution in [0.5, 0.6) is 0 Å². The summed E-state index contributed by atoms with van der Waals surface area (Å²) in [5.74, 6) is -0.0364. The van der Waals surface area contributed by atoms with Gasteiger partial charge in [-0.1, -0.05) is 60.1 Å². The summed E-state index contributed by atoms with van der Waals surface area (Å²) in [6.45, 7) is 2.30. The second kappa shape index (κ2) is 9.14. The van der Waals surface area contributed by atoms with Crippen LogP contribution in [0.25, 0.3) is 11.1 Å². The second-order valence-corrected chi connectivity index (χ2v) is 7.83. The molecule has 30 heavy (non-hydrogen) atoms. The fourth-order valence-electron chi connectivity index (χ4n) is 3.75. The van der Waals surface area contributed by atoms with Crippen LogP contribution in [0.3, 0.4) is 0 Å². The van der Waals surface area contributed by atoms with Crippen molar-refractivity contribution in [1.82, 2.24) is 9.80 Å². The highest BCUT2D eigenvalue weighted by atomic mass is 35.5. The molecular weight excluding hydrogens is 396 g/mol. The summed E-state index contributed by atoms with van der Waals surface area (Å²) in [4.78, 5) is 29.4. The van der Waals surface area contributed by atoms with Gasteiger partial charge in [0, 0.05) is 42.3 Å². The summed E-state index contributed by atoms with van der Waals surface area (Å²) in [7, 11) is 0. The number of hydrogen-bond acceptors (Lipinski definition) is 2. The van der Waals surface area contributed by atoms with Crippen LogP contribution in [0.15, 0.2) is 78.9 Å². The summed E-state index contributed by atoms with van der Waals surface area (Å²) in [5, 5.41) is 0.548. The van der Waals surface area contributed by atoms with Crippen molar-refractivity contribution in [1.29, 1.82) is 0 Å². The molecule has 0 N–H and O–H groups in total. The third-order valence-corrected chi connectivity index (χ3v) is 5.62. The van der Waals surface area contributed by atoms with Gasteiger partial charge >= 0.3 is 0 Å². The Labute approximate surface area is 181 Å². The van der Waals surface area contributed by atoms with Crippen molar-refractivity contribution in [3.05, 3.63) is 95.0 Å². The molecule has 5 heteroatoms. The minimum absolute atomic E-state index is 0.00617. The quantitative estimate of drug-likeness (QED) is 0.600. The number of amides is 2. The molecule has 4 rings (SSSR count). The molecule has 0 radical (unpaired) electrons. The summed E-state index contributed by atoms with van der Waals surface area (Å²) < 4.78 is 0. The van der Waals surface area contributed by atoms with E-state index in [0.717, 1.165) is 17.5 Å². The highest BCUT2D eigenvalue weighted by molar-refractivity contribution is 6.30. The number of halogens is 1. The SMILES string of the molecule is O=C(c1ccc(-c2ccccc2)cc1)N1CCCN(C(=O)c2cccc(Cl)c2)CC1. The molecule has 1 fully saturated rings. The molecule has 4 nitrogen and oxygen atoms in total. The molecule has 1 aliphatic rings. The molecule has 0 atom stereocenters. The Morgan fingerprint density at radius 2 is 1.23 bits per heavy atom. The van der Waals surface area contributed by atoms with E-state index >= 15 is 0 Å². The maximum absolute atomic E-state index is 13.0. The van der Waals surface area contributed by atoms with Gasteiger partial charge in [-0.2, -0.15) is 0 Å². The number of benzene rings is 3. The fraction of sp³-hybridized carbons (Fsp3) is 0.200. The van der Waals surface area contributed by atoms with Crippen LogP contribution in [-0.4, -0.2) is 47.8 Å². The Bertz CT molecular complexity index is 1030. The maximum Gasteiger partial charge on any atom is 0.253 e. The maximum atomic E-state index is 13.0. The van der Waals surface area contributed by atoms with E-state index in [1.54, 1.807) is 29.2 Å². The van der Waals surface area contributed by atoms with Crippen LogP contribution in [0.2, 0.25) is 5.02 Å². The third kappa shape index (κ3) is 4.55. The molecule has 1 heterocycles. The van der Waals surface area contributed by atoms with Gasteiger partial charge in [-0.15, -0.1) is 0 Å². The lowest BCUT2D eigenvalue weighted by Gasteiger charge is -2.22. The molecule has 3 aromatic carbocycles. The zero-order valence-electron chi connectivity index (χ0n) is 16.6. The number of hydrogen-bond donors (Lipinski definition) is 0. The molecule has 0 bridgehead atoms. The molecule has 0 aromatic heterocycles. The number of carbonyl (C=O) groups excluding carboxylic acids is 2. The molecule has 3 aromatic rings. The zero-order valence-corrected chi connectivity index (χ0v) is 17.4. The lowest BCUT2D eigenvalue weighted by atomic mass is 10.0. The van der Waals surface area contributed by atoms with Crippen LogP contribution in [0.1, 0.15) is 27.1 Å². The number of nitrogens with zero attached hydrogens (tertiary/aromatic N) is 2. The van der Waals surface area contributed by atoms with Gasteiger partial charge in [-0.25, -0.2) is 0 Å². The lowest BCUT2D eigenvalue weighted by Crippen LogP contribution is -2.37. The van der Waals surface area contributed by atoms with Gasteiger partial charge in [0.1, 0.15) is 0 Å². The van der Waals surface area contributed by atoms with Crippen molar-refractivity contribution in [2.75, 3.05) is 26.2 Å². The first kappa shape index (κ1) is 20.2. The standard InChI is InChI=1S/C25H23ClN2O2/c26-23-9-4-8-22(18-23)25(30)28-15-5-14-27(16-17-28)24(29)21-12-10-20(11-13-21)19-6-2-1-3-7-19/h1-4,6-13,18H,5,14-17H2. The van der Waals surface area contributed by atoms with E-state index in [9.17, 15) is 9.59 Å². The van der Waals surface area contributed by atoms with Crippen LogP contribution < -0.4 is 0 Å². The first-order valence-electron chi connectivity index (χ1n) is 10.1. The van der Waals surface area contributed by atoms with E-state index in [4.69, 9.17) is 11.6 Å². The van der Waals surface area contributed by atoms with E-state index < -0.39 is 0 Å². The smallest absolute Gasteiger partial charge is 0.253 e. The highest BCUT2D eigenvalue weighted by Crippen LogP contribution is 2.20. The minimum Gasteiger partial charge on any atom is -0.337 e. The van der Waals surface area contributed by atoms with Crippen molar-refractivity contribution in [2.45, 2.75) is 6.42 Å². The molecular formula is C25H23ClN2O2. The Hall–Kier alpha value is -3.11. The van der Waals surface area contributed by atoms with Crippen LogP contribution in [-0.2, 0) is 0 Å². The molecule has 0 unspecified atom stereocenters. The van der Waals surface area contributed by atoms with Crippen LogP contribution in [0.4, 0.5) is 0 Å². The van der Waals surface area contributed by atoms with Gasteiger partial charge in [0.15, 0.2) is 0 Å². The monoisotopic (exact) mass is 418 g/mol. The topological polar surface area (TPSA) is 40.6 Å². The van der Waals surface area contributed by atoms with Crippen molar-refractivity contribution in [3.8, 4) is 11.1 Å². The fourth-order valence-corrected chi connectivity index (χ4v) is 3.94. The predicted molar refractivity (Wildman–Crippen MR) is 120 cm³/mol. The third-order valence-electron chi connectivity index (χ3n) is 5.38. The highest BCUT2D eigenvalue weighted by Gasteiger charge is 2.23. The van der Waals surface area contributed by atoms with E-state index in [2.05, 4.69) is 12.1 Å². The second-order valence-electron chi connectivity index (χ2n) is 7.39. The molecule has 0 spiro atoms. The van der Waals surface area contributed by atoms with Crippen molar-refractivity contribution in [2.24, 2.45) is 0 Å². The van der Waals surface area contributed by atoms with E-state index in [-0.39, 0.29) is 11.8 Å². The number of carbonyl (C=O) groups is 2. The Kier molecular flexibility index (Phi) is 6.15. The summed E-state index contributed by atoms with van der Waals surface area (Å²) in [5.41, 5.74) is 3.46. The van der Waals surface area contributed by atoms with Crippen LogP contribution in [0, 0.1) is 0 Å². The van der Waals surface area contributed by atoms with Gasteiger partial charge in [0.2, 0.25) is 0 Å². The Morgan fingerprint density at radius 1 is 0.633 bits per heavy atom. The molecule has 152 valence electrons. The summed E-state index contributed by atoms with van der Waals surface area (Å²) in [6.07, 6.45) is 0.750. The largest absolute Gasteiger partial charge is 0.337 e. The van der Waals surface area contributed by atoms with Crippen LogP contribution >= 0.6 is 11.6 Å². The van der Waals surface area contributed by atoms with Crippen molar-refractivity contribution >= 4 is 23.4 Å². The van der Waals surface area contributed by atoms with E-state index in [0.29, 0.717) is 42.3 Å². The predicted octanol–water partition coefficient (Wildman–Crippen LogP) is 5.00. The summed E-state index contributed by atoms with van der Waals surface area (Å²) in [6, 6.07) is 24.8. The summed E-state index contributed by atoms with van der Waals surface area (Å²) >= 11 is 6.02. The zero-order chi connectivity index (χ0) is 20.9. The molecule has 0 saturated carbocycles. The van der Waals surface area contributed by atoms with E-state index in [1.165, 1.54) is 0 Å².